The topological polar surface area (TPSA) is 94.0 Å². The fourth-order valence-electron chi connectivity index (χ4n) is 1.46. The lowest BCUT2D eigenvalue weighted by Crippen LogP contribution is -2.15. The highest BCUT2D eigenvalue weighted by molar-refractivity contribution is 5.99. The SMILES string of the molecule is NC(=O)c1cc(N)cnc1Nc1ccccc1F. The van der Waals surface area contributed by atoms with Crippen molar-refractivity contribution in [1.29, 1.82) is 0 Å². The lowest BCUT2D eigenvalue weighted by atomic mass is 10.2. The van der Waals surface area contributed by atoms with Crippen LogP contribution in [-0.2, 0) is 0 Å². The maximum atomic E-state index is 13.5. The Kier molecular flexibility index (Phi) is 3.09. The zero-order valence-electron chi connectivity index (χ0n) is 9.35. The molecule has 2 rings (SSSR count). The number of nitrogens with zero attached hydrogens (tertiary/aromatic N) is 1. The Labute approximate surface area is 103 Å². The van der Waals surface area contributed by atoms with Crippen LogP contribution in [0.5, 0.6) is 0 Å². The van der Waals surface area contributed by atoms with Crippen molar-refractivity contribution in [3.05, 3.63) is 47.9 Å². The molecule has 0 saturated carbocycles. The summed E-state index contributed by atoms with van der Waals surface area (Å²) in [5.74, 6) is -0.970. The number of amides is 1. The Balaban J connectivity index is 2.41. The molecule has 1 aromatic carbocycles. The van der Waals surface area contributed by atoms with Crippen molar-refractivity contribution >= 4 is 23.1 Å². The van der Waals surface area contributed by atoms with E-state index < -0.39 is 11.7 Å². The fraction of sp³-hybridized carbons (Fsp3) is 0. The Morgan fingerprint density at radius 1 is 1.33 bits per heavy atom. The highest BCUT2D eigenvalue weighted by atomic mass is 19.1. The summed E-state index contributed by atoms with van der Waals surface area (Å²) in [6.07, 6.45) is 1.36. The molecule has 6 heteroatoms. The summed E-state index contributed by atoms with van der Waals surface area (Å²) >= 11 is 0. The second-order valence-electron chi connectivity index (χ2n) is 3.63. The van der Waals surface area contributed by atoms with E-state index in [9.17, 15) is 9.18 Å². The second-order valence-corrected chi connectivity index (χ2v) is 3.63. The number of nitrogens with one attached hydrogen (secondary N) is 1. The zero-order chi connectivity index (χ0) is 13.1. The Morgan fingerprint density at radius 2 is 2.06 bits per heavy atom. The predicted octanol–water partition coefficient (Wildman–Crippen LogP) is 1.65. The van der Waals surface area contributed by atoms with E-state index in [1.54, 1.807) is 12.1 Å². The van der Waals surface area contributed by atoms with Gasteiger partial charge in [-0.25, -0.2) is 9.37 Å². The number of hydrogen-bond acceptors (Lipinski definition) is 4. The first-order valence-electron chi connectivity index (χ1n) is 5.15. The van der Waals surface area contributed by atoms with Crippen molar-refractivity contribution in [2.45, 2.75) is 0 Å². The number of carbonyl (C=O) groups excluding carboxylic acids is 1. The summed E-state index contributed by atoms with van der Waals surface area (Å²) < 4.78 is 13.5. The van der Waals surface area contributed by atoms with Crippen molar-refractivity contribution in [3.63, 3.8) is 0 Å². The van der Waals surface area contributed by atoms with Crippen LogP contribution in [0.25, 0.3) is 0 Å². The standard InChI is InChI=1S/C12H11FN4O/c13-9-3-1-2-4-10(9)17-12-8(11(15)18)5-7(14)6-16-12/h1-6H,14H2,(H2,15,18)(H,16,17). The molecule has 0 unspecified atom stereocenters. The van der Waals surface area contributed by atoms with Gasteiger partial charge in [-0.1, -0.05) is 12.1 Å². The van der Waals surface area contributed by atoms with Crippen LogP contribution in [0.3, 0.4) is 0 Å². The lowest BCUT2D eigenvalue weighted by Gasteiger charge is -2.10. The van der Waals surface area contributed by atoms with Gasteiger partial charge in [0, 0.05) is 0 Å². The molecular formula is C12H11FN4O. The molecule has 0 spiro atoms. The van der Waals surface area contributed by atoms with E-state index in [0.717, 1.165) is 0 Å². The lowest BCUT2D eigenvalue weighted by molar-refractivity contribution is 0.100. The van der Waals surface area contributed by atoms with Gasteiger partial charge in [-0.2, -0.15) is 0 Å². The van der Waals surface area contributed by atoms with Gasteiger partial charge in [0.1, 0.15) is 11.6 Å². The number of hydrogen-bond donors (Lipinski definition) is 3. The minimum Gasteiger partial charge on any atom is -0.397 e. The number of aromatic nitrogens is 1. The Bertz CT molecular complexity index is 600. The first-order chi connectivity index (χ1) is 8.58. The van der Waals surface area contributed by atoms with Crippen LogP contribution in [0.4, 0.5) is 21.6 Å². The number of carbonyl (C=O) groups is 1. The van der Waals surface area contributed by atoms with Crippen molar-refractivity contribution < 1.29 is 9.18 Å². The average molecular weight is 246 g/mol. The van der Waals surface area contributed by atoms with E-state index in [1.807, 2.05) is 0 Å². The molecule has 0 atom stereocenters. The highest BCUT2D eigenvalue weighted by Crippen LogP contribution is 2.22. The maximum absolute atomic E-state index is 13.5. The minimum atomic E-state index is -0.686. The maximum Gasteiger partial charge on any atom is 0.252 e. The van der Waals surface area contributed by atoms with Crippen molar-refractivity contribution in [2.75, 3.05) is 11.1 Å². The number of primary amides is 1. The molecule has 0 aliphatic heterocycles. The van der Waals surface area contributed by atoms with Gasteiger partial charge in [0.2, 0.25) is 0 Å². The van der Waals surface area contributed by atoms with Crippen LogP contribution in [-0.4, -0.2) is 10.9 Å². The highest BCUT2D eigenvalue weighted by Gasteiger charge is 2.11. The van der Waals surface area contributed by atoms with Crippen LogP contribution in [0, 0.1) is 5.82 Å². The number of para-hydroxylation sites is 1. The van der Waals surface area contributed by atoms with Crippen molar-refractivity contribution in [1.82, 2.24) is 4.98 Å². The third-order valence-electron chi connectivity index (χ3n) is 2.30. The van der Waals surface area contributed by atoms with Gasteiger partial charge >= 0.3 is 0 Å². The number of anilines is 3. The molecule has 1 heterocycles. The fourth-order valence-corrected chi connectivity index (χ4v) is 1.46. The van der Waals surface area contributed by atoms with Crippen LogP contribution in [0.1, 0.15) is 10.4 Å². The van der Waals surface area contributed by atoms with Crippen LogP contribution in [0.2, 0.25) is 0 Å². The largest absolute Gasteiger partial charge is 0.397 e. The summed E-state index contributed by atoms with van der Waals surface area (Å²) in [4.78, 5) is 15.2. The molecule has 0 bridgehead atoms. The Hall–Kier alpha value is -2.63. The van der Waals surface area contributed by atoms with E-state index in [-0.39, 0.29) is 17.1 Å². The molecule has 0 aliphatic carbocycles. The second kappa shape index (κ2) is 4.70. The molecular weight excluding hydrogens is 235 g/mol. The molecule has 0 fully saturated rings. The zero-order valence-corrected chi connectivity index (χ0v) is 9.35. The van der Waals surface area contributed by atoms with Gasteiger partial charge in [-0.3, -0.25) is 4.79 Å². The van der Waals surface area contributed by atoms with Crippen LogP contribution >= 0.6 is 0 Å². The van der Waals surface area contributed by atoms with Crippen LogP contribution in [0.15, 0.2) is 36.5 Å². The third-order valence-corrected chi connectivity index (χ3v) is 2.30. The predicted molar refractivity (Wildman–Crippen MR) is 66.8 cm³/mol. The van der Waals surface area contributed by atoms with Crippen molar-refractivity contribution in [3.8, 4) is 0 Å². The number of benzene rings is 1. The number of rotatable bonds is 3. The van der Waals surface area contributed by atoms with Crippen molar-refractivity contribution in [2.24, 2.45) is 5.73 Å². The normalized spacial score (nSPS) is 10.1. The molecule has 0 saturated heterocycles. The van der Waals surface area contributed by atoms with E-state index in [1.165, 1.54) is 24.4 Å². The Morgan fingerprint density at radius 3 is 2.72 bits per heavy atom. The molecule has 18 heavy (non-hydrogen) atoms. The molecule has 0 aliphatic rings. The molecule has 1 amide bonds. The summed E-state index contributed by atoms with van der Waals surface area (Å²) in [5, 5.41) is 2.71. The van der Waals surface area contributed by atoms with E-state index >= 15 is 0 Å². The smallest absolute Gasteiger partial charge is 0.252 e. The summed E-state index contributed by atoms with van der Waals surface area (Å²) in [6.45, 7) is 0. The van der Waals surface area contributed by atoms with E-state index in [4.69, 9.17) is 11.5 Å². The van der Waals surface area contributed by atoms with Gasteiger partial charge < -0.3 is 16.8 Å². The molecule has 0 radical (unpaired) electrons. The minimum absolute atomic E-state index is 0.109. The molecule has 5 N–H and O–H groups in total. The van der Waals surface area contributed by atoms with E-state index in [0.29, 0.717) is 5.69 Å². The van der Waals surface area contributed by atoms with Gasteiger partial charge in [0.05, 0.1) is 23.1 Å². The van der Waals surface area contributed by atoms with Gasteiger partial charge in [-0.15, -0.1) is 0 Å². The van der Waals surface area contributed by atoms with Gasteiger partial charge in [0.25, 0.3) is 5.91 Å². The monoisotopic (exact) mass is 246 g/mol. The first kappa shape index (κ1) is 11.8. The summed E-state index contributed by atoms with van der Waals surface area (Å²) in [5.41, 5.74) is 11.3. The molecule has 1 aromatic heterocycles. The summed E-state index contributed by atoms with van der Waals surface area (Å²) in [6, 6.07) is 7.43. The van der Waals surface area contributed by atoms with Gasteiger partial charge in [-0.05, 0) is 18.2 Å². The van der Waals surface area contributed by atoms with Crippen LogP contribution < -0.4 is 16.8 Å². The average Bonchev–Trinajstić information content (AvgIpc) is 2.34. The van der Waals surface area contributed by atoms with E-state index in [2.05, 4.69) is 10.3 Å². The number of nitrogen functional groups attached to an aromatic ring is 1. The number of nitrogens with two attached hydrogens (primary N) is 2. The number of pyridine rings is 1. The number of halogens is 1. The van der Waals surface area contributed by atoms with Gasteiger partial charge in [0.15, 0.2) is 0 Å². The molecule has 92 valence electrons. The quantitative estimate of drug-likeness (QED) is 0.767. The summed E-state index contributed by atoms with van der Waals surface area (Å²) in [7, 11) is 0. The first-order valence-corrected chi connectivity index (χ1v) is 5.15. The third kappa shape index (κ3) is 2.37. The molecule has 2 aromatic rings. The molecule has 5 nitrogen and oxygen atoms in total.